The van der Waals surface area contributed by atoms with E-state index in [1.54, 1.807) is 6.92 Å². The lowest BCUT2D eigenvalue weighted by atomic mass is 10.0. The number of nitrogens with one attached hydrogen (secondary N) is 1. The number of ether oxygens (including phenoxy) is 1. The van der Waals surface area contributed by atoms with Crippen molar-refractivity contribution in [2.45, 2.75) is 38.3 Å². The molecule has 1 aromatic heterocycles. The standard InChI is InChI=1S/C11H15FN2O4/c1-6-4-14(10(17)13-9(6)16)8-3-7(12)11(2,5-15)18-8/h4,7-8,15H,3,5H2,1-2H3,(H,13,16,17)/t7?,8-,11-/m1/s1. The highest BCUT2D eigenvalue weighted by atomic mass is 19.1. The minimum absolute atomic E-state index is 0.0392. The van der Waals surface area contributed by atoms with E-state index >= 15 is 0 Å². The number of aliphatic hydroxyl groups excluding tert-OH is 1. The van der Waals surface area contributed by atoms with Crippen LogP contribution in [0.2, 0.25) is 0 Å². The zero-order valence-electron chi connectivity index (χ0n) is 10.1. The molecule has 1 aromatic rings. The van der Waals surface area contributed by atoms with Crippen molar-refractivity contribution in [3.8, 4) is 0 Å². The molecule has 1 fully saturated rings. The summed E-state index contributed by atoms with van der Waals surface area (Å²) >= 11 is 0. The van der Waals surface area contributed by atoms with Crippen molar-refractivity contribution in [3.63, 3.8) is 0 Å². The molecule has 6 nitrogen and oxygen atoms in total. The second-order valence-corrected chi connectivity index (χ2v) is 4.73. The van der Waals surface area contributed by atoms with Gasteiger partial charge in [-0.3, -0.25) is 14.3 Å². The van der Waals surface area contributed by atoms with E-state index in [0.717, 1.165) is 4.57 Å². The summed E-state index contributed by atoms with van der Waals surface area (Å²) in [6.45, 7) is 2.52. The number of H-pyrrole nitrogens is 1. The molecule has 0 aliphatic carbocycles. The van der Waals surface area contributed by atoms with Gasteiger partial charge in [0.05, 0.1) is 6.61 Å². The molecule has 0 bridgehead atoms. The van der Waals surface area contributed by atoms with Crippen LogP contribution in [-0.4, -0.2) is 33.0 Å². The van der Waals surface area contributed by atoms with Crippen molar-refractivity contribution < 1.29 is 14.2 Å². The van der Waals surface area contributed by atoms with Gasteiger partial charge in [0.15, 0.2) is 0 Å². The van der Waals surface area contributed by atoms with E-state index in [9.17, 15) is 14.0 Å². The summed E-state index contributed by atoms with van der Waals surface area (Å²) < 4.78 is 20.3. The molecule has 1 saturated heterocycles. The van der Waals surface area contributed by atoms with Crippen LogP contribution in [0, 0.1) is 6.92 Å². The Morgan fingerprint density at radius 2 is 2.33 bits per heavy atom. The first-order chi connectivity index (χ1) is 8.37. The molecule has 1 unspecified atom stereocenters. The number of alkyl halides is 1. The van der Waals surface area contributed by atoms with Gasteiger partial charge in [0, 0.05) is 18.2 Å². The van der Waals surface area contributed by atoms with Gasteiger partial charge in [-0.1, -0.05) is 0 Å². The summed E-state index contributed by atoms with van der Waals surface area (Å²) in [7, 11) is 0. The smallest absolute Gasteiger partial charge is 0.330 e. The van der Waals surface area contributed by atoms with E-state index in [-0.39, 0.29) is 6.42 Å². The van der Waals surface area contributed by atoms with Gasteiger partial charge in [-0.25, -0.2) is 9.18 Å². The lowest BCUT2D eigenvalue weighted by Gasteiger charge is -2.23. The van der Waals surface area contributed by atoms with E-state index in [1.165, 1.54) is 13.1 Å². The Kier molecular flexibility index (Phi) is 3.12. The topological polar surface area (TPSA) is 84.3 Å². The summed E-state index contributed by atoms with van der Waals surface area (Å²) in [5, 5.41) is 9.12. The largest absolute Gasteiger partial charge is 0.393 e. The van der Waals surface area contributed by atoms with Crippen LogP contribution in [0.4, 0.5) is 4.39 Å². The molecule has 2 N–H and O–H groups in total. The van der Waals surface area contributed by atoms with E-state index in [4.69, 9.17) is 9.84 Å². The predicted octanol–water partition coefficient (Wildman–Crippen LogP) is -0.147. The van der Waals surface area contributed by atoms with E-state index < -0.39 is 35.9 Å². The maximum atomic E-state index is 13.7. The van der Waals surface area contributed by atoms with Crippen molar-refractivity contribution >= 4 is 0 Å². The number of aryl methyl sites for hydroxylation is 1. The third-order valence-corrected chi connectivity index (χ3v) is 3.25. The minimum Gasteiger partial charge on any atom is -0.393 e. The number of rotatable bonds is 2. The monoisotopic (exact) mass is 258 g/mol. The molecule has 0 spiro atoms. The van der Waals surface area contributed by atoms with Crippen LogP contribution in [-0.2, 0) is 4.74 Å². The number of hydrogen-bond donors (Lipinski definition) is 2. The average Bonchev–Trinajstić information content (AvgIpc) is 2.61. The molecule has 2 heterocycles. The molecular weight excluding hydrogens is 243 g/mol. The van der Waals surface area contributed by atoms with Crippen LogP contribution >= 0.6 is 0 Å². The van der Waals surface area contributed by atoms with Gasteiger partial charge in [0.1, 0.15) is 18.0 Å². The summed E-state index contributed by atoms with van der Waals surface area (Å²) in [5.41, 5.74) is -2.10. The summed E-state index contributed by atoms with van der Waals surface area (Å²) in [4.78, 5) is 25.0. The zero-order valence-corrected chi connectivity index (χ0v) is 10.1. The van der Waals surface area contributed by atoms with Crippen LogP contribution in [0.5, 0.6) is 0 Å². The van der Waals surface area contributed by atoms with Gasteiger partial charge in [-0.15, -0.1) is 0 Å². The normalized spacial score (nSPS) is 31.8. The Labute approximate surface area is 102 Å². The van der Waals surface area contributed by atoms with Gasteiger partial charge < -0.3 is 9.84 Å². The molecule has 0 saturated carbocycles. The molecule has 0 radical (unpaired) electrons. The van der Waals surface area contributed by atoms with E-state index in [0.29, 0.717) is 5.56 Å². The number of aliphatic hydroxyl groups is 1. The first-order valence-electron chi connectivity index (χ1n) is 5.62. The number of aromatic nitrogens is 2. The van der Waals surface area contributed by atoms with Crippen molar-refractivity contribution in [1.82, 2.24) is 9.55 Å². The third-order valence-electron chi connectivity index (χ3n) is 3.25. The maximum Gasteiger partial charge on any atom is 0.330 e. The van der Waals surface area contributed by atoms with Crippen LogP contribution in [0.3, 0.4) is 0 Å². The second-order valence-electron chi connectivity index (χ2n) is 4.73. The molecule has 0 amide bonds. The van der Waals surface area contributed by atoms with Crippen molar-refractivity contribution in [2.24, 2.45) is 0 Å². The molecule has 3 atom stereocenters. The summed E-state index contributed by atoms with van der Waals surface area (Å²) in [5.74, 6) is 0. The van der Waals surface area contributed by atoms with Gasteiger partial charge in [0.2, 0.25) is 0 Å². The Bertz CT molecular complexity index is 567. The molecular formula is C11H15FN2O4. The lowest BCUT2D eigenvalue weighted by molar-refractivity contribution is -0.104. The average molecular weight is 258 g/mol. The fraction of sp³-hybridized carbons (Fsp3) is 0.636. The molecule has 18 heavy (non-hydrogen) atoms. The quantitative estimate of drug-likeness (QED) is 0.773. The first kappa shape index (κ1) is 13.0. The van der Waals surface area contributed by atoms with Crippen molar-refractivity contribution in [1.29, 1.82) is 0 Å². The summed E-state index contributed by atoms with van der Waals surface area (Å²) in [6.07, 6.45) is -0.892. The van der Waals surface area contributed by atoms with Crippen molar-refractivity contribution in [3.05, 3.63) is 32.6 Å². The molecule has 0 aromatic carbocycles. The van der Waals surface area contributed by atoms with Crippen LogP contribution < -0.4 is 11.2 Å². The maximum absolute atomic E-state index is 13.7. The van der Waals surface area contributed by atoms with Gasteiger partial charge >= 0.3 is 5.69 Å². The fourth-order valence-electron chi connectivity index (χ4n) is 1.97. The predicted molar refractivity (Wildman–Crippen MR) is 61.2 cm³/mol. The summed E-state index contributed by atoms with van der Waals surface area (Å²) in [6, 6.07) is 0. The Morgan fingerprint density at radius 1 is 1.67 bits per heavy atom. The zero-order chi connectivity index (χ0) is 13.5. The highest BCUT2D eigenvalue weighted by Gasteiger charge is 2.46. The molecule has 2 rings (SSSR count). The number of aromatic amines is 1. The Morgan fingerprint density at radius 3 is 2.89 bits per heavy atom. The number of halogens is 1. The molecule has 1 aliphatic heterocycles. The lowest BCUT2D eigenvalue weighted by Crippen LogP contribution is -2.38. The highest BCUT2D eigenvalue weighted by Crippen LogP contribution is 2.37. The molecule has 1 aliphatic rings. The van der Waals surface area contributed by atoms with E-state index in [1.807, 2.05) is 0 Å². The minimum atomic E-state index is -1.37. The number of hydrogen-bond acceptors (Lipinski definition) is 4. The molecule has 7 heteroatoms. The Hall–Kier alpha value is -1.47. The highest BCUT2D eigenvalue weighted by molar-refractivity contribution is 5.03. The fourth-order valence-corrected chi connectivity index (χ4v) is 1.97. The Balaban J connectivity index is 2.38. The van der Waals surface area contributed by atoms with E-state index in [2.05, 4.69) is 4.98 Å². The van der Waals surface area contributed by atoms with Gasteiger partial charge in [-0.05, 0) is 13.8 Å². The number of nitrogens with zero attached hydrogens (tertiary/aromatic N) is 1. The van der Waals surface area contributed by atoms with Crippen molar-refractivity contribution in [2.75, 3.05) is 6.61 Å². The van der Waals surface area contributed by atoms with Gasteiger partial charge in [0.25, 0.3) is 5.56 Å². The van der Waals surface area contributed by atoms with Gasteiger partial charge in [-0.2, -0.15) is 0 Å². The third kappa shape index (κ3) is 1.99. The van der Waals surface area contributed by atoms with Crippen LogP contribution in [0.1, 0.15) is 25.1 Å². The SMILES string of the molecule is Cc1cn([C@H]2CC(F)[C@@](C)(CO)O2)c(=O)[nH]c1=O. The van der Waals surface area contributed by atoms with Crippen LogP contribution in [0.25, 0.3) is 0 Å². The second kappa shape index (κ2) is 4.33. The van der Waals surface area contributed by atoms with Crippen LogP contribution in [0.15, 0.2) is 15.8 Å². The first-order valence-corrected chi connectivity index (χ1v) is 5.62. The molecule has 100 valence electrons.